The van der Waals surface area contributed by atoms with Gasteiger partial charge >= 0.3 is 5.97 Å². The number of unbranched alkanes of at least 4 members (excludes halogenated alkanes) is 1. The molecule has 3 heteroatoms. The molecule has 0 saturated carbocycles. The van der Waals surface area contributed by atoms with Crippen LogP contribution in [0.1, 0.15) is 32.6 Å². The summed E-state index contributed by atoms with van der Waals surface area (Å²) in [5.74, 6) is -0.379. The highest BCUT2D eigenvalue weighted by atomic mass is 16.5. The van der Waals surface area contributed by atoms with Crippen LogP contribution < -0.4 is 0 Å². The Labute approximate surface area is 79.4 Å². The minimum absolute atomic E-state index is 0.213. The second-order valence-electron chi connectivity index (χ2n) is 2.93. The summed E-state index contributed by atoms with van der Waals surface area (Å²) in [5, 5.41) is 9.19. The summed E-state index contributed by atoms with van der Waals surface area (Å²) in [6.45, 7) is 5.65. The van der Waals surface area contributed by atoms with Crippen molar-refractivity contribution in [3.05, 3.63) is 12.7 Å². The lowest BCUT2D eigenvalue weighted by molar-refractivity contribution is -0.137. The quantitative estimate of drug-likeness (QED) is 0.373. The number of hydrogen-bond donors (Lipinski definition) is 1. The molecule has 1 N–H and O–H groups in total. The molecule has 0 bridgehead atoms. The molecular weight excluding hydrogens is 168 g/mol. The number of carbonyl (C=O) groups is 1. The van der Waals surface area contributed by atoms with Crippen LogP contribution in [0.2, 0.25) is 0 Å². The van der Waals surface area contributed by atoms with E-state index in [2.05, 4.69) is 6.58 Å². The Balaban J connectivity index is 3.17. The van der Waals surface area contributed by atoms with Gasteiger partial charge in [0.05, 0.1) is 12.7 Å². The molecule has 0 rings (SSSR count). The lowest BCUT2D eigenvalue weighted by Gasteiger charge is -2.06. The summed E-state index contributed by atoms with van der Waals surface area (Å²) in [4.78, 5) is 10.6. The van der Waals surface area contributed by atoms with E-state index < -0.39 is 0 Å². The van der Waals surface area contributed by atoms with Crippen molar-refractivity contribution in [2.75, 3.05) is 6.61 Å². The maximum atomic E-state index is 10.6. The summed E-state index contributed by atoms with van der Waals surface area (Å²) < 4.78 is 4.77. The van der Waals surface area contributed by atoms with Crippen molar-refractivity contribution in [1.82, 2.24) is 0 Å². The second-order valence-corrected chi connectivity index (χ2v) is 2.93. The Bertz CT molecular complexity index is 154. The smallest absolute Gasteiger partial charge is 0.330 e. The number of aliphatic hydroxyl groups is 1. The third-order valence-electron chi connectivity index (χ3n) is 1.81. The number of ether oxygens (including phenoxy) is 1. The first-order chi connectivity index (χ1) is 6.20. The molecule has 13 heavy (non-hydrogen) atoms. The second kappa shape index (κ2) is 7.80. The van der Waals surface area contributed by atoms with E-state index >= 15 is 0 Å². The molecule has 0 saturated heterocycles. The Hall–Kier alpha value is -0.830. The van der Waals surface area contributed by atoms with Crippen LogP contribution in [0.25, 0.3) is 0 Å². The van der Waals surface area contributed by atoms with Crippen LogP contribution in [-0.4, -0.2) is 23.8 Å². The van der Waals surface area contributed by atoms with E-state index in [1.165, 1.54) is 0 Å². The minimum atomic E-state index is -0.379. The first kappa shape index (κ1) is 12.2. The lowest BCUT2D eigenvalue weighted by Crippen LogP contribution is -2.06. The fraction of sp³-hybridized carbons (Fsp3) is 0.700. The number of aliphatic hydroxyl groups excluding tert-OH is 1. The molecule has 0 amide bonds. The first-order valence-corrected chi connectivity index (χ1v) is 4.68. The monoisotopic (exact) mass is 186 g/mol. The van der Waals surface area contributed by atoms with E-state index in [4.69, 9.17) is 4.74 Å². The molecule has 0 aromatic rings. The van der Waals surface area contributed by atoms with Crippen LogP contribution in [0.5, 0.6) is 0 Å². The van der Waals surface area contributed by atoms with Crippen LogP contribution in [0.15, 0.2) is 12.7 Å². The summed E-state index contributed by atoms with van der Waals surface area (Å²) in [7, 11) is 0. The predicted octanol–water partition coefficient (Wildman–Crippen LogP) is 1.66. The average Bonchev–Trinajstić information content (AvgIpc) is 2.16. The number of rotatable bonds is 7. The molecule has 0 aliphatic rings. The third-order valence-corrected chi connectivity index (χ3v) is 1.81. The van der Waals surface area contributed by atoms with Gasteiger partial charge in [-0.15, -0.1) is 0 Å². The highest BCUT2D eigenvalue weighted by Gasteiger charge is 2.00. The average molecular weight is 186 g/mol. The highest BCUT2D eigenvalue weighted by molar-refractivity contribution is 5.81. The molecule has 0 aromatic carbocycles. The van der Waals surface area contributed by atoms with E-state index in [0.717, 1.165) is 31.8 Å². The highest BCUT2D eigenvalue weighted by Crippen LogP contribution is 2.03. The zero-order chi connectivity index (χ0) is 10.1. The van der Waals surface area contributed by atoms with Crippen LogP contribution in [0.3, 0.4) is 0 Å². The predicted molar refractivity (Wildman–Crippen MR) is 51.3 cm³/mol. The molecular formula is C10H18O3. The third kappa shape index (κ3) is 7.53. The van der Waals surface area contributed by atoms with E-state index in [1.54, 1.807) is 0 Å². The van der Waals surface area contributed by atoms with Crippen molar-refractivity contribution in [3.63, 3.8) is 0 Å². The Morgan fingerprint density at radius 2 is 2.31 bits per heavy atom. The molecule has 0 spiro atoms. The minimum Gasteiger partial charge on any atom is -0.463 e. The van der Waals surface area contributed by atoms with E-state index in [0.29, 0.717) is 6.61 Å². The van der Waals surface area contributed by atoms with E-state index in [-0.39, 0.29) is 12.1 Å². The standard InChI is InChI=1S/C10H18O3/c1-3-9(11)7-5-6-8-13-10(12)4-2/h4,9,11H,2-3,5-8H2,1H3. The number of carbonyl (C=O) groups excluding carboxylic acids is 1. The largest absolute Gasteiger partial charge is 0.463 e. The zero-order valence-corrected chi connectivity index (χ0v) is 8.16. The van der Waals surface area contributed by atoms with Crippen LogP contribution in [-0.2, 0) is 9.53 Å². The molecule has 0 fully saturated rings. The summed E-state index contributed by atoms with van der Waals surface area (Å²) in [6, 6.07) is 0. The van der Waals surface area contributed by atoms with Gasteiger partial charge in [0.2, 0.25) is 0 Å². The molecule has 0 radical (unpaired) electrons. The van der Waals surface area contributed by atoms with Gasteiger partial charge in [-0.25, -0.2) is 4.79 Å². The zero-order valence-electron chi connectivity index (χ0n) is 8.16. The van der Waals surface area contributed by atoms with Crippen molar-refractivity contribution in [2.24, 2.45) is 0 Å². The first-order valence-electron chi connectivity index (χ1n) is 4.68. The Kier molecular flexibility index (Phi) is 7.30. The van der Waals surface area contributed by atoms with E-state index in [9.17, 15) is 9.90 Å². The molecule has 1 atom stereocenters. The van der Waals surface area contributed by atoms with Gasteiger partial charge in [0.1, 0.15) is 0 Å². The molecule has 3 nitrogen and oxygen atoms in total. The van der Waals surface area contributed by atoms with Gasteiger partial charge in [-0.1, -0.05) is 13.5 Å². The molecule has 0 aromatic heterocycles. The maximum absolute atomic E-state index is 10.6. The van der Waals surface area contributed by atoms with Gasteiger partial charge < -0.3 is 9.84 Å². The van der Waals surface area contributed by atoms with Crippen molar-refractivity contribution in [2.45, 2.75) is 38.7 Å². The fourth-order valence-corrected chi connectivity index (χ4v) is 0.918. The van der Waals surface area contributed by atoms with Crippen LogP contribution in [0.4, 0.5) is 0 Å². The SMILES string of the molecule is C=CC(=O)OCCCCC(O)CC. The summed E-state index contributed by atoms with van der Waals surface area (Å²) >= 11 is 0. The van der Waals surface area contributed by atoms with Gasteiger partial charge in [-0.3, -0.25) is 0 Å². The molecule has 1 unspecified atom stereocenters. The normalized spacial score (nSPS) is 12.2. The van der Waals surface area contributed by atoms with Crippen molar-refractivity contribution < 1.29 is 14.6 Å². The summed E-state index contributed by atoms with van der Waals surface area (Å²) in [5.41, 5.74) is 0. The molecule has 0 heterocycles. The van der Waals surface area contributed by atoms with Crippen LogP contribution >= 0.6 is 0 Å². The Morgan fingerprint density at radius 1 is 1.62 bits per heavy atom. The molecule has 76 valence electrons. The van der Waals surface area contributed by atoms with Gasteiger partial charge in [-0.2, -0.15) is 0 Å². The van der Waals surface area contributed by atoms with Crippen molar-refractivity contribution in [3.8, 4) is 0 Å². The van der Waals surface area contributed by atoms with Crippen molar-refractivity contribution in [1.29, 1.82) is 0 Å². The Morgan fingerprint density at radius 3 is 2.85 bits per heavy atom. The van der Waals surface area contributed by atoms with Gasteiger partial charge in [-0.05, 0) is 25.7 Å². The molecule has 0 aliphatic heterocycles. The van der Waals surface area contributed by atoms with Gasteiger partial charge in [0, 0.05) is 6.08 Å². The van der Waals surface area contributed by atoms with Gasteiger partial charge in [0.25, 0.3) is 0 Å². The summed E-state index contributed by atoms with van der Waals surface area (Å²) in [6.07, 6.45) is 4.20. The van der Waals surface area contributed by atoms with Crippen LogP contribution in [0, 0.1) is 0 Å². The number of hydrogen-bond acceptors (Lipinski definition) is 3. The topological polar surface area (TPSA) is 46.5 Å². The fourth-order valence-electron chi connectivity index (χ4n) is 0.918. The van der Waals surface area contributed by atoms with Crippen molar-refractivity contribution >= 4 is 5.97 Å². The van der Waals surface area contributed by atoms with E-state index in [1.807, 2.05) is 6.92 Å². The maximum Gasteiger partial charge on any atom is 0.330 e. The van der Waals surface area contributed by atoms with Gasteiger partial charge in [0.15, 0.2) is 0 Å². The number of esters is 1. The molecule has 0 aliphatic carbocycles. The lowest BCUT2D eigenvalue weighted by atomic mass is 10.1.